The van der Waals surface area contributed by atoms with Gasteiger partial charge < -0.3 is 5.11 Å². The van der Waals surface area contributed by atoms with Gasteiger partial charge in [-0.15, -0.1) is 0 Å². The van der Waals surface area contributed by atoms with Crippen molar-refractivity contribution in [2.45, 2.75) is 30.7 Å². The van der Waals surface area contributed by atoms with Gasteiger partial charge in [-0.1, -0.05) is 19.1 Å². The molecule has 0 heterocycles. The van der Waals surface area contributed by atoms with E-state index >= 15 is 0 Å². The molecule has 0 aliphatic rings. The highest BCUT2D eigenvalue weighted by atomic mass is 32.2. The van der Waals surface area contributed by atoms with Crippen molar-refractivity contribution < 1.29 is 17.9 Å². The van der Waals surface area contributed by atoms with E-state index in [1.807, 2.05) is 0 Å². The van der Waals surface area contributed by atoms with Crippen LogP contribution in [-0.2, 0) is 10.0 Å². The molecule has 1 rings (SSSR count). The van der Waals surface area contributed by atoms with Crippen molar-refractivity contribution in [1.29, 1.82) is 0 Å². The normalized spacial score (nSPS) is 15.5. The van der Waals surface area contributed by atoms with Crippen molar-refractivity contribution in [2.24, 2.45) is 0 Å². The van der Waals surface area contributed by atoms with Crippen LogP contribution in [0.3, 0.4) is 0 Å². The maximum absolute atomic E-state index is 13.4. The van der Waals surface area contributed by atoms with Crippen LogP contribution in [0.4, 0.5) is 4.39 Å². The highest BCUT2D eigenvalue weighted by molar-refractivity contribution is 7.89. The van der Waals surface area contributed by atoms with Crippen LogP contribution in [0.15, 0.2) is 29.2 Å². The van der Waals surface area contributed by atoms with Gasteiger partial charge in [-0.2, -0.15) is 0 Å². The maximum atomic E-state index is 13.4. The van der Waals surface area contributed by atoms with E-state index in [2.05, 4.69) is 4.72 Å². The number of aliphatic hydroxyl groups is 1. The van der Waals surface area contributed by atoms with E-state index in [1.54, 1.807) is 13.8 Å². The second-order valence-electron chi connectivity index (χ2n) is 4.11. The molecule has 0 aliphatic carbocycles. The summed E-state index contributed by atoms with van der Waals surface area (Å²) in [5.74, 6) is -0.809. The van der Waals surface area contributed by atoms with Gasteiger partial charge in [-0.05, 0) is 25.5 Å². The number of sulfonamides is 1. The fourth-order valence-electron chi connectivity index (χ4n) is 1.26. The molecule has 0 amide bonds. The molecule has 1 atom stereocenters. The van der Waals surface area contributed by atoms with Gasteiger partial charge in [-0.3, -0.25) is 0 Å². The number of halogens is 1. The minimum Gasteiger partial charge on any atom is -0.394 e. The van der Waals surface area contributed by atoms with Gasteiger partial charge in [0.2, 0.25) is 10.0 Å². The van der Waals surface area contributed by atoms with E-state index in [0.717, 1.165) is 6.07 Å². The molecule has 6 heteroatoms. The Labute approximate surface area is 101 Å². The molecule has 0 spiro atoms. The third-order valence-electron chi connectivity index (χ3n) is 2.64. The van der Waals surface area contributed by atoms with Crippen molar-refractivity contribution in [3.05, 3.63) is 30.1 Å². The van der Waals surface area contributed by atoms with Crippen molar-refractivity contribution in [1.82, 2.24) is 4.72 Å². The highest BCUT2D eigenvalue weighted by Crippen LogP contribution is 2.17. The topological polar surface area (TPSA) is 66.4 Å². The lowest BCUT2D eigenvalue weighted by Gasteiger charge is -2.26. The first-order chi connectivity index (χ1) is 7.84. The lowest BCUT2D eigenvalue weighted by atomic mass is 10.0. The largest absolute Gasteiger partial charge is 0.394 e. The Morgan fingerprint density at radius 3 is 2.47 bits per heavy atom. The minimum atomic E-state index is -3.96. The Hall–Kier alpha value is -0.980. The third kappa shape index (κ3) is 3.24. The molecule has 0 saturated carbocycles. The van der Waals surface area contributed by atoms with Crippen LogP contribution in [0.2, 0.25) is 0 Å². The van der Waals surface area contributed by atoms with E-state index in [4.69, 9.17) is 5.11 Å². The van der Waals surface area contributed by atoms with Gasteiger partial charge in [-0.25, -0.2) is 17.5 Å². The quantitative estimate of drug-likeness (QED) is 0.838. The molecule has 1 aromatic rings. The van der Waals surface area contributed by atoms with Crippen LogP contribution in [0, 0.1) is 5.82 Å². The standard InChI is InChI=1S/C11H16FNO3S/c1-3-11(2,8-14)13-17(15,16)10-7-5-4-6-9(10)12/h4-7,13-14H,3,8H2,1-2H3. The molecular formula is C11H16FNO3S. The van der Waals surface area contributed by atoms with Crippen LogP contribution in [0.5, 0.6) is 0 Å². The molecule has 1 aromatic carbocycles. The van der Waals surface area contributed by atoms with Gasteiger partial charge in [0.05, 0.1) is 12.1 Å². The first-order valence-corrected chi connectivity index (χ1v) is 6.72. The lowest BCUT2D eigenvalue weighted by Crippen LogP contribution is -2.48. The van der Waals surface area contributed by atoms with E-state index in [0.29, 0.717) is 6.42 Å². The molecular weight excluding hydrogens is 245 g/mol. The van der Waals surface area contributed by atoms with Crippen molar-refractivity contribution >= 4 is 10.0 Å². The molecule has 0 aromatic heterocycles. The van der Waals surface area contributed by atoms with Crippen LogP contribution in [0.1, 0.15) is 20.3 Å². The van der Waals surface area contributed by atoms with Crippen LogP contribution >= 0.6 is 0 Å². The van der Waals surface area contributed by atoms with E-state index in [9.17, 15) is 12.8 Å². The number of benzene rings is 1. The molecule has 0 aliphatic heterocycles. The third-order valence-corrected chi connectivity index (χ3v) is 4.31. The second-order valence-corrected chi connectivity index (χ2v) is 5.76. The first kappa shape index (κ1) is 14.1. The first-order valence-electron chi connectivity index (χ1n) is 5.24. The summed E-state index contributed by atoms with van der Waals surface area (Å²) in [5, 5.41) is 9.14. The molecule has 2 N–H and O–H groups in total. The van der Waals surface area contributed by atoms with Gasteiger partial charge >= 0.3 is 0 Å². The molecule has 0 bridgehead atoms. The predicted octanol–water partition coefficient (Wildman–Crippen LogP) is 1.26. The molecule has 17 heavy (non-hydrogen) atoms. The van der Waals surface area contributed by atoms with E-state index in [-0.39, 0.29) is 6.61 Å². The average Bonchev–Trinajstić information content (AvgIpc) is 2.28. The summed E-state index contributed by atoms with van der Waals surface area (Å²) in [7, 11) is -3.96. The maximum Gasteiger partial charge on any atom is 0.244 e. The van der Waals surface area contributed by atoms with Gasteiger partial charge in [0.25, 0.3) is 0 Å². The monoisotopic (exact) mass is 261 g/mol. The minimum absolute atomic E-state index is 0.350. The highest BCUT2D eigenvalue weighted by Gasteiger charge is 2.29. The fraction of sp³-hybridized carbons (Fsp3) is 0.455. The predicted molar refractivity (Wildman–Crippen MR) is 62.5 cm³/mol. The summed E-state index contributed by atoms with van der Waals surface area (Å²) in [4.78, 5) is -0.409. The SMILES string of the molecule is CCC(C)(CO)NS(=O)(=O)c1ccccc1F. The van der Waals surface area contributed by atoms with Crippen molar-refractivity contribution in [3.63, 3.8) is 0 Å². The van der Waals surface area contributed by atoms with Crippen molar-refractivity contribution in [3.8, 4) is 0 Å². The molecule has 1 unspecified atom stereocenters. The number of hydrogen-bond acceptors (Lipinski definition) is 3. The number of nitrogens with one attached hydrogen (secondary N) is 1. The molecule has 0 fully saturated rings. The van der Waals surface area contributed by atoms with Crippen LogP contribution in [-0.4, -0.2) is 25.7 Å². The summed E-state index contributed by atoms with van der Waals surface area (Å²) in [6.45, 7) is 2.95. The smallest absolute Gasteiger partial charge is 0.244 e. The average molecular weight is 261 g/mol. The summed E-state index contributed by atoms with van der Waals surface area (Å²) < 4.78 is 39.5. The Kier molecular flexibility index (Phi) is 4.24. The Bertz CT molecular complexity index is 483. The number of hydrogen-bond donors (Lipinski definition) is 2. The molecule has 0 radical (unpaired) electrons. The lowest BCUT2D eigenvalue weighted by molar-refractivity contribution is 0.191. The zero-order valence-electron chi connectivity index (χ0n) is 9.77. The van der Waals surface area contributed by atoms with Gasteiger partial charge in [0.15, 0.2) is 0 Å². The zero-order chi connectivity index (χ0) is 13.1. The van der Waals surface area contributed by atoms with Gasteiger partial charge in [0, 0.05) is 0 Å². The van der Waals surface area contributed by atoms with Crippen molar-refractivity contribution in [2.75, 3.05) is 6.61 Å². The second kappa shape index (κ2) is 5.12. The van der Waals surface area contributed by atoms with E-state index < -0.39 is 26.3 Å². The van der Waals surface area contributed by atoms with Crippen LogP contribution < -0.4 is 4.72 Å². The Morgan fingerprint density at radius 2 is 2.00 bits per heavy atom. The summed E-state index contributed by atoms with van der Waals surface area (Å²) >= 11 is 0. The van der Waals surface area contributed by atoms with Gasteiger partial charge in [0.1, 0.15) is 10.7 Å². The molecule has 0 saturated heterocycles. The van der Waals surface area contributed by atoms with E-state index in [1.165, 1.54) is 18.2 Å². The Balaban J connectivity index is 3.10. The summed E-state index contributed by atoms with van der Waals surface area (Å²) in [6.07, 6.45) is 0.400. The zero-order valence-corrected chi connectivity index (χ0v) is 10.6. The number of aliphatic hydroxyl groups excluding tert-OH is 1. The Morgan fingerprint density at radius 1 is 1.41 bits per heavy atom. The van der Waals surface area contributed by atoms with Crippen LogP contribution in [0.25, 0.3) is 0 Å². The fourth-order valence-corrected chi connectivity index (χ4v) is 2.81. The number of rotatable bonds is 5. The molecule has 4 nitrogen and oxygen atoms in total. The summed E-state index contributed by atoms with van der Waals surface area (Å²) in [5.41, 5.74) is -0.985. The summed E-state index contributed by atoms with van der Waals surface area (Å²) in [6, 6.07) is 5.13. The molecule has 96 valence electrons.